The Morgan fingerprint density at radius 3 is 2.48 bits per heavy atom. The Bertz CT molecular complexity index is 847. The first-order valence-electron chi connectivity index (χ1n) is 8.47. The quantitative estimate of drug-likeness (QED) is 0.799. The van der Waals surface area contributed by atoms with Crippen molar-refractivity contribution in [3.8, 4) is 0 Å². The minimum Gasteiger partial charge on any atom is -0.398 e. The summed E-state index contributed by atoms with van der Waals surface area (Å²) in [6, 6.07) is 8.57. The average Bonchev–Trinajstić information content (AvgIpc) is 2.64. The largest absolute Gasteiger partial charge is 0.418 e. The summed E-state index contributed by atoms with van der Waals surface area (Å²) in [4.78, 5) is 14.0. The van der Waals surface area contributed by atoms with Gasteiger partial charge in [-0.2, -0.15) is 13.2 Å². The van der Waals surface area contributed by atoms with E-state index in [-0.39, 0.29) is 16.9 Å². The summed E-state index contributed by atoms with van der Waals surface area (Å²) in [5.41, 5.74) is 6.71. The molecule has 3 rings (SSSR count). The van der Waals surface area contributed by atoms with E-state index < -0.39 is 17.6 Å². The predicted molar refractivity (Wildman–Crippen MR) is 98.0 cm³/mol. The summed E-state index contributed by atoms with van der Waals surface area (Å²) < 4.78 is 45.9. The number of anilines is 3. The van der Waals surface area contributed by atoms with Gasteiger partial charge in [-0.05, 0) is 42.8 Å². The summed E-state index contributed by atoms with van der Waals surface area (Å²) >= 11 is 0. The molecule has 144 valence electrons. The van der Waals surface area contributed by atoms with Gasteiger partial charge >= 0.3 is 6.18 Å². The van der Waals surface area contributed by atoms with E-state index in [1.165, 1.54) is 18.2 Å². The molecular formula is C19H20F3N3O2. The van der Waals surface area contributed by atoms with Gasteiger partial charge in [-0.3, -0.25) is 4.79 Å². The number of halogens is 3. The first-order chi connectivity index (χ1) is 12.8. The number of alkyl halides is 3. The highest BCUT2D eigenvalue weighted by Gasteiger charge is 2.35. The van der Waals surface area contributed by atoms with Crippen molar-refractivity contribution in [2.24, 2.45) is 0 Å². The van der Waals surface area contributed by atoms with Crippen LogP contribution in [0.2, 0.25) is 0 Å². The number of benzene rings is 2. The van der Waals surface area contributed by atoms with Crippen LogP contribution in [0.5, 0.6) is 0 Å². The van der Waals surface area contributed by atoms with Crippen LogP contribution in [0.15, 0.2) is 36.4 Å². The van der Waals surface area contributed by atoms with Crippen molar-refractivity contribution in [3.63, 3.8) is 0 Å². The first kappa shape index (κ1) is 19.0. The SMILES string of the molecule is Cc1ccc(C(=O)Nc2ccc(N3CCOCC3)c(C(F)(F)F)c2)cc1N. The maximum Gasteiger partial charge on any atom is 0.418 e. The second kappa shape index (κ2) is 7.48. The van der Waals surface area contributed by atoms with Crippen LogP contribution in [-0.2, 0) is 10.9 Å². The average molecular weight is 379 g/mol. The minimum absolute atomic E-state index is 0.0727. The van der Waals surface area contributed by atoms with Gasteiger partial charge in [0.15, 0.2) is 0 Å². The third-order valence-corrected chi connectivity index (χ3v) is 4.45. The molecule has 0 radical (unpaired) electrons. The molecule has 1 heterocycles. The molecule has 2 aromatic carbocycles. The molecule has 1 aliphatic rings. The lowest BCUT2D eigenvalue weighted by Crippen LogP contribution is -2.37. The molecule has 2 aromatic rings. The molecule has 27 heavy (non-hydrogen) atoms. The number of nitrogens with two attached hydrogens (primary N) is 1. The van der Waals surface area contributed by atoms with Crippen molar-refractivity contribution in [2.45, 2.75) is 13.1 Å². The van der Waals surface area contributed by atoms with Gasteiger partial charge in [-0.15, -0.1) is 0 Å². The van der Waals surface area contributed by atoms with Gasteiger partial charge in [-0.25, -0.2) is 0 Å². The number of nitrogens with one attached hydrogen (secondary N) is 1. The molecule has 0 aromatic heterocycles. The molecule has 0 bridgehead atoms. The van der Waals surface area contributed by atoms with Crippen molar-refractivity contribution >= 4 is 23.0 Å². The number of nitrogen functional groups attached to an aromatic ring is 1. The van der Waals surface area contributed by atoms with E-state index in [4.69, 9.17) is 10.5 Å². The molecule has 8 heteroatoms. The molecule has 1 fully saturated rings. The van der Waals surface area contributed by atoms with Gasteiger partial charge in [0.2, 0.25) is 0 Å². The molecule has 1 saturated heterocycles. The molecule has 0 spiro atoms. The normalized spacial score (nSPS) is 14.9. The van der Waals surface area contributed by atoms with Crippen molar-refractivity contribution in [2.75, 3.05) is 42.3 Å². The lowest BCUT2D eigenvalue weighted by Gasteiger charge is -2.31. The second-order valence-corrected chi connectivity index (χ2v) is 6.35. The standard InChI is InChI=1S/C19H20F3N3O2/c1-12-2-3-13(10-16(12)23)18(26)24-14-4-5-17(15(11-14)19(20,21)22)25-6-8-27-9-7-25/h2-5,10-11H,6-9,23H2,1H3,(H,24,26). The van der Waals surface area contributed by atoms with Crippen molar-refractivity contribution in [1.82, 2.24) is 0 Å². The van der Waals surface area contributed by atoms with E-state index in [2.05, 4.69) is 5.32 Å². The number of carbonyl (C=O) groups excluding carboxylic acids is 1. The zero-order chi connectivity index (χ0) is 19.6. The number of morpholine rings is 1. The van der Waals surface area contributed by atoms with Crippen molar-refractivity contribution in [1.29, 1.82) is 0 Å². The second-order valence-electron chi connectivity index (χ2n) is 6.35. The Labute approximate surface area is 154 Å². The van der Waals surface area contributed by atoms with Crippen LogP contribution >= 0.6 is 0 Å². The molecular weight excluding hydrogens is 359 g/mol. The topological polar surface area (TPSA) is 67.6 Å². The smallest absolute Gasteiger partial charge is 0.398 e. The van der Waals surface area contributed by atoms with E-state index in [1.807, 2.05) is 0 Å². The minimum atomic E-state index is -4.54. The third kappa shape index (κ3) is 4.33. The van der Waals surface area contributed by atoms with E-state index in [1.54, 1.807) is 24.0 Å². The number of nitrogens with zero attached hydrogens (tertiary/aromatic N) is 1. The fraction of sp³-hybridized carbons (Fsp3) is 0.316. The van der Waals surface area contributed by atoms with E-state index in [9.17, 15) is 18.0 Å². The van der Waals surface area contributed by atoms with Gasteiger partial charge in [0.25, 0.3) is 5.91 Å². The van der Waals surface area contributed by atoms with Gasteiger partial charge < -0.3 is 20.7 Å². The maximum absolute atomic E-state index is 13.6. The number of rotatable bonds is 3. The molecule has 0 unspecified atom stereocenters. The Morgan fingerprint density at radius 1 is 1.15 bits per heavy atom. The van der Waals surface area contributed by atoms with Crippen LogP contribution in [0.25, 0.3) is 0 Å². The van der Waals surface area contributed by atoms with E-state index in [0.717, 1.165) is 11.6 Å². The third-order valence-electron chi connectivity index (χ3n) is 4.45. The predicted octanol–water partition coefficient (Wildman–Crippen LogP) is 3.68. The molecule has 5 nitrogen and oxygen atoms in total. The Hall–Kier alpha value is -2.74. The van der Waals surface area contributed by atoms with Crippen LogP contribution < -0.4 is 16.0 Å². The Balaban J connectivity index is 1.87. The lowest BCUT2D eigenvalue weighted by atomic mass is 10.1. The highest BCUT2D eigenvalue weighted by molar-refractivity contribution is 6.05. The number of amides is 1. The molecule has 0 saturated carbocycles. The number of carbonyl (C=O) groups is 1. The monoisotopic (exact) mass is 379 g/mol. The highest BCUT2D eigenvalue weighted by Crippen LogP contribution is 2.38. The molecule has 1 aliphatic heterocycles. The summed E-state index contributed by atoms with van der Waals surface area (Å²) in [7, 11) is 0. The highest BCUT2D eigenvalue weighted by atomic mass is 19.4. The number of ether oxygens (including phenoxy) is 1. The van der Waals surface area contributed by atoms with E-state index in [0.29, 0.717) is 32.0 Å². The molecule has 3 N–H and O–H groups in total. The molecule has 0 atom stereocenters. The van der Waals surface area contributed by atoms with Gasteiger partial charge in [0.05, 0.1) is 18.8 Å². The maximum atomic E-state index is 13.6. The summed E-state index contributed by atoms with van der Waals surface area (Å²) in [6.45, 7) is 3.33. The van der Waals surface area contributed by atoms with Crippen LogP contribution in [0.4, 0.5) is 30.2 Å². The van der Waals surface area contributed by atoms with Crippen LogP contribution in [0.3, 0.4) is 0 Å². The summed E-state index contributed by atoms with van der Waals surface area (Å²) in [5, 5.41) is 2.51. The zero-order valence-corrected chi connectivity index (χ0v) is 14.8. The molecule has 0 aliphatic carbocycles. The lowest BCUT2D eigenvalue weighted by molar-refractivity contribution is -0.137. The van der Waals surface area contributed by atoms with Crippen molar-refractivity contribution < 1.29 is 22.7 Å². The summed E-state index contributed by atoms with van der Waals surface area (Å²) in [6.07, 6.45) is -4.54. The number of hydrogen-bond donors (Lipinski definition) is 2. The van der Waals surface area contributed by atoms with Gasteiger partial charge in [0.1, 0.15) is 0 Å². The fourth-order valence-corrected chi connectivity index (χ4v) is 2.91. The molecule has 1 amide bonds. The fourth-order valence-electron chi connectivity index (χ4n) is 2.91. The number of hydrogen-bond acceptors (Lipinski definition) is 4. The Kier molecular flexibility index (Phi) is 5.27. The first-order valence-corrected chi connectivity index (χ1v) is 8.47. The Morgan fingerprint density at radius 2 is 1.85 bits per heavy atom. The van der Waals surface area contributed by atoms with Crippen LogP contribution in [-0.4, -0.2) is 32.2 Å². The van der Waals surface area contributed by atoms with Crippen LogP contribution in [0, 0.1) is 6.92 Å². The van der Waals surface area contributed by atoms with Gasteiger partial charge in [0, 0.05) is 35.7 Å². The van der Waals surface area contributed by atoms with Crippen LogP contribution in [0.1, 0.15) is 21.5 Å². The van der Waals surface area contributed by atoms with E-state index >= 15 is 0 Å². The zero-order valence-electron chi connectivity index (χ0n) is 14.8. The van der Waals surface area contributed by atoms with Gasteiger partial charge in [-0.1, -0.05) is 6.07 Å². The van der Waals surface area contributed by atoms with Crippen molar-refractivity contribution in [3.05, 3.63) is 53.1 Å². The number of aryl methyl sites for hydroxylation is 1. The summed E-state index contributed by atoms with van der Waals surface area (Å²) in [5.74, 6) is -0.519.